The van der Waals surface area contributed by atoms with Gasteiger partial charge in [0.25, 0.3) is 11.6 Å². The predicted octanol–water partition coefficient (Wildman–Crippen LogP) is 3.42. The number of sulfonamides is 1. The molecule has 0 spiro atoms. The lowest BCUT2D eigenvalue weighted by atomic mass is 10.2. The van der Waals surface area contributed by atoms with Gasteiger partial charge < -0.3 is 4.90 Å². The molecular formula is C22H23N3O5S. The van der Waals surface area contributed by atoms with Crippen LogP contribution < -0.4 is 9.62 Å². The van der Waals surface area contributed by atoms with Crippen LogP contribution in [0.1, 0.15) is 36.8 Å². The zero-order chi connectivity index (χ0) is 22.0. The highest BCUT2D eigenvalue weighted by molar-refractivity contribution is 7.89. The van der Waals surface area contributed by atoms with Gasteiger partial charge in [0.05, 0.1) is 9.82 Å². The van der Waals surface area contributed by atoms with Crippen LogP contribution in [0.2, 0.25) is 0 Å². The van der Waals surface area contributed by atoms with E-state index in [1.807, 2.05) is 0 Å². The third-order valence-electron chi connectivity index (χ3n) is 5.72. The van der Waals surface area contributed by atoms with Crippen LogP contribution in [0.4, 0.5) is 11.4 Å². The van der Waals surface area contributed by atoms with Gasteiger partial charge in [0.1, 0.15) is 0 Å². The topological polar surface area (TPSA) is 110 Å². The number of anilines is 1. The van der Waals surface area contributed by atoms with Gasteiger partial charge in [0.2, 0.25) is 10.0 Å². The van der Waals surface area contributed by atoms with Crippen molar-refractivity contribution in [1.82, 2.24) is 4.72 Å². The molecule has 1 aliphatic heterocycles. The van der Waals surface area contributed by atoms with E-state index in [1.54, 1.807) is 41.3 Å². The molecule has 1 heterocycles. The average molecular weight is 442 g/mol. The molecule has 2 aromatic rings. The van der Waals surface area contributed by atoms with Crippen LogP contribution in [0.3, 0.4) is 0 Å². The second-order valence-electron chi connectivity index (χ2n) is 7.82. The number of benzene rings is 2. The average Bonchev–Trinajstić information content (AvgIpc) is 3.41. The summed E-state index contributed by atoms with van der Waals surface area (Å²) in [7, 11) is -3.57. The molecule has 0 aromatic heterocycles. The maximum absolute atomic E-state index is 12.7. The number of nitro benzene ring substituents is 1. The Labute approximate surface area is 180 Å². The fourth-order valence-corrected chi connectivity index (χ4v) is 5.43. The third kappa shape index (κ3) is 4.67. The van der Waals surface area contributed by atoms with Crippen molar-refractivity contribution in [1.29, 1.82) is 0 Å². The predicted molar refractivity (Wildman–Crippen MR) is 117 cm³/mol. The van der Waals surface area contributed by atoms with E-state index >= 15 is 0 Å². The summed E-state index contributed by atoms with van der Waals surface area (Å²) < 4.78 is 28.2. The van der Waals surface area contributed by atoms with Crippen LogP contribution in [-0.4, -0.2) is 31.8 Å². The minimum Gasteiger partial charge on any atom is -0.308 e. The highest BCUT2D eigenvalue weighted by Gasteiger charge is 2.27. The van der Waals surface area contributed by atoms with E-state index in [4.69, 9.17) is 0 Å². The van der Waals surface area contributed by atoms with Crippen LogP contribution in [0.25, 0.3) is 6.08 Å². The van der Waals surface area contributed by atoms with Gasteiger partial charge in [0.15, 0.2) is 0 Å². The lowest BCUT2D eigenvalue weighted by Crippen LogP contribution is -2.32. The normalized spacial score (nSPS) is 16.7. The largest absolute Gasteiger partial charge is 0.308 e. The highest BCUT2D eigenvalue weighted by atomic mass is 32.2. The molecule has 9 heteroatoms. The minimum atomic E-state index is -3.57. The SMILES string of the molecule is O=C(C=Cc1ccc([N+](=O)[O-])cc1)N1CCc2cc(S(=O)(=O)NC3CCCC3)ccc21. The van der Waals surface area contributed by atoms with Crippen molar-refractivity contribution in [3.63, 3.8) is 0 Å². The summed E-state index contributed by atoms with van der Waals surface area (Å²) in [4.78, 5) is 24.8. The van der Waals surface area contributed by atoms with Crippen LogP contribution in [0, 0.1) is 10.1 Å². The molecule has 31 heavy (non-hydrogen) atoms. The van der Waals surface area contributed by atoms with Crippen molar-refractivity contribution in [2.45, 2.75) is 43.0 Å². The molecule has 0 saturated heterocycles. The van der Waals surface area contributed by atoms with Crippen molar-refractivity contribution in [3.05, 3.63) is 69.8 Å². The summed E-state index contributed by atoms with van der Waals surface area (Å²) in [6.45, 7) is 0.471. The first-order valence-corrected chi connectivity index (χ1v) is 11.7. The summed E-state index contributed by atoms with van der Waals surface area (Å²) in [5.41, 5.74) is 2.20. The number of nitrogens with one attached hydrogen (secondary N) is 1. The van der Waals surface area contributed by atoms with Gasteiger partial charge in [-0.25, -0.2) is 13.1 Å². The Morgan fingerprint density at radius 3 is 2.52 bits per heavy atom. The van der Waals surface area contributed by atoms with Gasteiger partial charge in [-0.1, -0.05) is 12.8 Å². The molecule has 162 valence electrons. The summed E-state index contributed by atoms with van der Waals surface area (Å²) in [5.74, 6) is -0.225. The Morgan fingerprint density at radius 1 is 1.13 bits per heavy atom. The van der Waals surface area contributed by atoms with Crippen molar-refractivity contribution < 1.29 is 18.1 Å². The summed E-state index contributed by atoms with van der Waals surface area (Å²) in [6, 6.07) is 10.8. The first-order chi connectivity index (χ1) is 14.8. The molecule has 1 aliphatic carbocycles. The van der Waals surface area contributed by atoms with Crippen LogP contribution >= 0.6 is 0 Å². The van der Waals surface area contributed by atoms with Crippen molar-refractivity contribution in [2.75, 3.05) is 11.4 Å². The number of carbonyl (C=O) groups excluding carboxylic acids is 1. The molecule has 0 unspecified atom stereocenters. The summed E-state index contributed by atoms with van der Waals surface area (Å²) >= 11 is 0. The fraction of sp³-hybridized carbons (Fsp3) is 0.318. The number of carbonyl (C=O) groups is 1. The lowest BCUT2D eigenvalue weighted by Gasteiger charge is -2.16. The van der Waals surface area contributed by atoms with E-state index in [0.717, 1.165) is 31.2 Å². The third-order valence-corrected chi connectivity index (χ3v) is 7.24. The van der Waals surface area contributed by atoms with E-state index in [1.165, 1.54) is 18.2 Å². The molecule has 2 aromatic carbocycles. The number of amides is 1. The zero-order valence-electron chi connectivity index (χ0n) is 16.9. The number of non-ortho nitro benzene ring substituents is 1. The van der Waals surface area contributed by atoms with E-state index in [9.17, 15) is 23.3 Å². The quantitative estimate of drug-likeness (QED) is 0.420. The van der Waals surface area contributed by atoms with Gasteiger partial charge in [-0.05, 0) is 66.8 Å². The summed E-state index contributed by atoms with van der Waals surface area (Å²) in [6.07, 6.45) is 7.43. The van der Waals surface area contributed by atoms with Crippen LogP contribution in [0.15, 0.2) is 53.4 Å². The van der Waals surface area contributed by atoms with Gasteiger partial charge in [-0.3, -0.25) is 14.9 Å². The standard InChI is InChI=1S/C22H23N3O5S/c26-22(12-7-16-5-8-19(9-6-16)25(27)28)24-14-13-17-15-20(10-11-21(17)24)31(29,30)23-18-3-1-2-4-18/h5-12,15,18,23H,1-4,13-14H2. The maximum Gasteiger partial charge on any atom is 0.269 e. The van der Waals surface area contributed by atoms with Gasteiger partial charge in [-0.15, -0.1) is 0 Å². The Balaban J connectivity index is 1.46. The van der Waals surface area contributed by atoms with Crippen LogP contribution in [0.5, 0.6) is 0 Å². The Bertz CT molecular complexity index is 1140. The fourth-order valence-electron chi connectivity index (χ4n) is 4.07. The Hall–Kier alpha value is -3.04. The molecule has 0 atom stereocenters. The monoisotopic (exact) mass is 441 g/mol. The Morgan fingerprint density at radius 2 is 1.84 bits per heavy atom. The molecule has 2 aliphatic rings. The van der Waals surface area contributed by atoms with Crippen molar-refractivity contribution in [3.8, 4) is 0 Å². The Kier molecular flexibility index (Phi) is 5.88. The molecule has 0 radical (unpaired) electrons. The van der Waals surface area contributed by atoms with Gasteiger partial charge >= 0.3 is 0 Å². The molecule has 1 N–H and O–H groups in total. The lowest BCUT2D eigenvalue weighted by molar-refractivity contribution is -0.384. The first-order valence-electron chi connectivity index (χ1n) is 10.2. The minimum absolute atomic E-state index is 0.000823. The number of hydrogen-bond acceptors (Lipinski definition) is 5. The van der Waals surface area contributed by atoms with Crippen molar-refractivity contribution >= 4 is 33.4 Å². The number of fused-ring (bicyclic) bond motifs is 1. The van der Waals surface area contributed by atoms with Gasteiger partial charge in [0, 0.05) is 36.5 Å². The molecule has 1 fully saturated rings. The molecule has 8 nitrogen and oxygen atoms in total. The summed E-state index contributed by atoms with van der Waals surface area (Å²) in [5, 5.41) is 10.7. The zero-order valence-corrected chi connectivity index (χ0v) is 17.7. The van der Waals surface area contributed by atoms with E-state index in [0.29, 0.717) is 24.2 Å². The first kappa shape index (κ1) is 21.2. The molecule has 1 amide bonds. The smallest absolute Gasteiger partial charge is 0.269 e. The molecule has 0 bridgehead atoms. The van der Waals surface area contributed by atoms with Gasteiger partial charge in [-0.2, -0.15) is 0 Å². The molecule has 1 saturated carbocycles. The number of hydrogen-bond donors (Lipinski definition) is 1. The maximum atomic E-state index is 12.7. The van der Waals surface area contributed by atoms with E-state index in [2.05, 4.69) is 4.72 Å². The number of nitrogens with zero attached hydrogens (tertiary/aromatic N) is 2. The van der Waals surface area contributed by atoms with Crippen molar-refractivity contribution in [2.24, 2.45) is 0 Å². The van der Waals surface area contributed by atoms with E-state index in [-0.39, 0.29) is 22.5 Å². The van der Waals surface area contributed by atoms with Crippen LogP contribution in [-0.2, 0) is 21.2 Å². The highest BCUT2D eigenvalue weighted by Crippen LogP contribution is 2.31. The molecular weight excluding hydrogens is 418 g/mol. The van der Waals surface area contributed by atoms with E-state index < -0.39 is 14.9 Å². The number of nitro groups is 1. The number of rotatable bonds is 6. The second kappa shape index (κ2) is 8.60. The second-order valence-corrected chi connectivity index (χ2v) is 9.53. The molecule has 4 rings (SSSR count).